The van der Waals surface area contributed by atoms with E-state index in [0.29, 0.717) is 11.8 Å². The lowest BCUT2D eigenvalue weighted by atomic mass is 9.83. The number of aromatic hydroxyl groups is 1. The molecule has 0 aromatic heterocycles. The summed E-state index contributed by atoms with van der Waals surface area (Å²) in [6, 6.07) is 6.08. The van der Waals surface area contributed by atoms with Crippen LogP contribution in [-0.4, -0.2) is 18.3 Å². The second-order valence-electron chi connectivity index (χ2n) is 6.94. The molecule has 5 unspecified atom stereocenters. The van der Waals surface area contributed by atoms with Gasteiger partial charge in [0.1, 0.15) is 11.5 Å². The van der Waals surface area contributed by atoms with Crippen molar-refractivity contribution < 1.29 is 9.84 Å². The van der Waals surface area contributed by atoms with Gasteiger partial charge in [0.05, 0.1) is 7.11 Å². The Labute approximate surface area is 127 Å². The van der Waals surface area contributed by atoms with Crippen LogP contribution in [-0.2, 0) is 0 Å². The number of methoxy groups -OCH3 is 1. The number of phenols is 1. The van der Waals surface area contributed by atoms with Gasteiger partial charge in [-0.15, -0.1) is 0 Å². The first-order chi connectivity index (χ1) is 10.1. The van der Waals surface area contributed by atoms with Crippen molar-refractivity contribution in [3.8, 4) is 11.5 Å². The molecular formula is C18H27NO2. The lowest BCUT2D eigenvalue weighted by Crippen LogP contribution is -2.37. The Hall–Kier alpha value is -1.22. The summed E-state index contributed by atoms with van der Waals surface area (Å²) >= 11 is 0. The number of hydrogen-bond donors (Lipinski definition) is 2. The first-order valence-electron chi connectivity index (χ1n) is 8.21. The largest absolute Gasteiger partial charge is 0.508 e. The third kappa shape index (κ3) is 2.89. The summed E-state index contributed by atoms with van der Waals surface area (Å²) in [6.45, 7) is 4.43. The first-order valence-corrected chi connectivity index (χ1v) is 8.21. The number of ether oxygens (including phenoxy) is 1. The predicted octanol–water partition coefficient (Wildman–Crippen LogP) is 3.88. The van der Waals surface area contributed by atoms with Crippen LogP contribution in [0.15, 0.2) is 18.2 Å². The summed E-state index contributed by atoms with van der Waals surface area (Å²) in [7, 11) is 1.66. The standard InChI is InChI=1S/C18H27NO2/c1-11(16-9-13-4-5-14(16)8-13)19-12(2)17-10-15(21-3)6-7-18(17)20/h6-7,10-14,16,19-20H,4-5,8-9H2,1-3H3. The van der Waals surface area contributed by atoms with Gasteiger partial charge in [-0.25, -0.2) is 0 Å². The normalized spacial score (nSPS) is 30.3. The smallest absolute Gasteiger partial charge is 0.120 e. The Balaban J connectivity index is 1.67. The number of phenolic OH excluding ortho intramolecular Hbond substituents is 1. The van der Waals surface area contributed by atoms with Gasteiger partial charge in [0, 0.05) is 17.6 Å². The quantitative estimate of drug-likeness (QED) is 0.864. The maximum Gasteiger partial charge on any atom is 0.120 e. The van der Waals surface area contributed by atoms with E-state index in [1.165, 1.54) is 25.7 Å². The number of hydrogen-bond acceptors (Lipinski definition) is 3. The highest BCUT2D eigenvalue weighted by Crippen LogP contribution is 2.49. The molecular weight excluding hydrogens is 262 g/mol. The van der Waals surface area contributed by atoms with Crippen molar-refractivity contribution in [2.45, 2.75) is 51.6 Å². The van der Waals surface area contributed by atoms with E-state index in [4.69, 9.17) is 4.74 Å². The second-order valence-corrected chi connectivity index (χ2v) is 6.94. The van der Waals surface area contributed by atoms with Crippen molar-refractivity contribution >= 4 is 0 Å². The van der Waals surface area contributed by atoms with Gasteiger partial charge in [-0.3, -0.25) is 0 Å². The number of nitrogens with one attached hydrogen (secondary N) is 1. The van der Waals surface area contributed by atoms with Crippen LogP contribution in [0.25, 0.3) is 0 Å². The Kier molecular flexibility index (Phi) is 4.12. The molecule has 116 valence electrons. The highest BCUT2D eigenvalue weighted by molar-refractivity contribution is 5.41. The molecule has 2 bridgehead atoms. The van der Waals surface area contributed by atoms with Gasteiger partial charge in [0.15, 0.2) is 0 Å². The van der Waals surface area contributed by atoms with Gasteiger partial charge in [0.2, 0.25) is 0 Å². The van der Waals surface area contributed by atoms with E-state index in [9.17, 15) is 5.11 Å². The molecule has 0 aliphatic heterocycles. The molecule has 21 heavy (non-hydrogen) atoms. The summed E-state index contributed by atoms with van der Waals surface area (Å²) in [4.78, 5) is 0. The summed E-state index contributed by atoms with van der Waals surface area (Å²) in [5.74, 6) is 3.84. The number of fused-ring (bicyclic) bond motifs is 2. The highest BCUT2D eigenvalue weighted by Gasteiger charge is 2.41. The summed E-state index contributed by atoms with van der Waals surface area (Å²) in [6.07, 6.45) is 5.69. The molecule has 5 atom stereocenters. The van der Waals surface area contributed by atoms with Crippen LogP contribution in [0, 0.1) is 17.8 Å². The summed E-state index contributed by atoms with van der Waals surface area (Å²) < 4.78 is 5.27. The van der Waals surface area contributed by atoms with Crippen LogP contribution in [0.4, 0.5) is 0 Å². The molecule has 0 heterocycles. The highest BCUT2D eigenvalue weighted by atomic mass is 16.5. The van der Waals surface area contributed by atoms with E-state index >= 15 is 0 Å². The zero-order valence-corrected chi connectivity index (χ0v) is 13.3. The minimum absolute atomic E-state index is 0.134. The lowest BCUT2D eigenvalue weighted by molar-refractivity contribution is 0.247. The van der Waals surface area contributed by atoms with Gasteiger partial charge in [0.25, 0.3) is 0 Å². The van der Waals surface area contributed by atoms with Crippen molar-refractivity contribution in [1.29, 1.82) is 0 Å². The topological polar surface area (TPSA) is 41.5 Å². The Morgan fingerprint density at radius 3 is 2.67 bits per heavy atom. The van der Waals surface area contributed by atoms with Crippen LogP contribution < -0.4 is 10.1 Å². The molecule has 2 fully saturated rings. The minimum atomic E-state index is 0.134. The molecule has 3 nitrogen and oxygen atoms in total. The van der Waals surface area contributed by atoms with Crippen molar-refractivity contribution in [2.75, 3.05) is 7.11 Å². The Morgan fingerprint density at radius 2 is 2.05 bits per heavy atom. The van der Waals surface area contributed by atoms with Gasteiger partial charge in [-0.05, 0) is 69.1 Å². The zero-order chi connectivity index (χ0) is 15.0. The first kappa shape index (κ1) is 14.7. The molecule has 0 radical (unpaired) electrons. The third-order valence-electron chi connectivity index (χ3n) is 5.65. The molecule has 2 saturated carbocycles. The number of rotatable bonds is 5. The van der Waals surface area contributed by atoms with Crippen LogP contribution >= 0.6 is 0 Å². The van der Waals surface area contributed by atoms with E-state index < -0.39 is 0 Å². The van der Waals surface area contributed by atoms with Gasteiger partial charge in [-0.2, -0.15) is 0 Å². The molecule has 1 aromatic carbocycles. The van der Waals surface area contributed by atoms with E-state index in [2.05, 4.69) is 19.2 Å². The molecule has 3 rings (SSSR count). The van der Waals surface area contributed by atoms with Crippen molar-refractivity contribution in [1.82, 2.24) is 5.32 Å². The second kappa shape index (κ2) is 5.88. The maximum atomic E-state index is 10.1. The molecule has 2 aliphatic rings. The monoisotopic (exact) mass is 289 g/mol. The average Bonchev–Trinajstić information content (AvgIpc) is 3.10. The van der Waals surface area contributed by atoms with Crippen molar-refractivity contribution in [2.24, 2.45) is 17.8 Å². The zero-order valence-electron chi connectivity index (χ0n) is 13.3. The molecule has 1 aromatic rings. The average molecular weight is 289 g/mol. The molecule has 0 saturated heterocycles. The maximum absolute atomic E-state index is 10.1. The SMILES string of the molecule is COc1ccc(O)c(C(C)NC(C)C2CC3CCC2C3)c1. The molecule has 0 spiro atoms. The molecule has 3 heteroatoms. The fourth-order valence-electron chi connectivity index (χ4n) is 4.52. The third-order valence-corrected chi connectivity index (χ3v) is 5.65. The number of benzene rings is 1. The van der Waals surface area contributed by atoms with Gasteiger partial charge in [-0.1, -0.05) is 6.42 Å². The summed E-state index contributed by atoms with van der Waals surface area (Å²) in [5.41, 5.74) is 0.921. The molecule has 0 amide bonds. The van der Waals surface area contributed by atoms with E-state index in [0.717, 1.165) is 29.1 Å². The van der Waals surface area contributed by atoms with Crippen LogP contribution in [0.5, 0.6) is 11.5 Å². The van der Waals surface area contributed by atoms with E-state index in [-0.39, 0.29) is 6.04 Å². The lowest BCUT2D eigenvalue weighted by Gasteiger charge is -2.31. The minimum Gasteiger partial charge on any atom is -0.508 e. The van der Waals surface area contributed by atoms with Crippen LogP contribution in [0.2, 0.25) is 0 Å². The van der Waals surface area contributed by atoms with E-state index in [1.807, 2.05) is 6.07 Å². The van der Waals surface area contributed by atoms with Gasteiger partial charge < -0.3 is 15.2 Å². The van der Waals surface area contributed by atoms with Crippen LogP contribution in [0.1, 0.15) is 51.1 Å². The van der Waals surface area contributed by atoms with Crippen LogP contribution in [0.3, 0.4) is 0 Å². The summed E-state index contributed by atoms with van der Waals surface area (Å²) in [5, 5.41) is 13.8. The predicted molar refractivity (Wildman–Crippen MR) is 84.6 cm³/mol. The Morgan fingerprint density at radius 1 is 1.24 bits per heavy atom. The van der Waals surface area contributed by atoms with Crippen molar-refractivity contribution in [3.05, 3.63) is 23.8 Å². The molecule has 2 N–H and O–H groups in total. The fourth-order valence-corrected chi connectivity index (χ4v) is 4.52. The van der Waals surface area contributed by atoms with E-state index in [1.54, 1.807) is 19.2 Å². The fraction of sp³-hybridized carbons (Fsp3) is 0.667. The molecule has 2 aliphatic carbocycles. The Bertz CT molecular complexity index is 502. The van der Waals surface area contributed by atoms with Gasteiger partial charge >= 0.3 is 0 Å². The van der Waals surface area contributed by atoms with Crippen molar-refractivity contribution in [3.63, 3.8) is 0 Å².